The van der Waals surface area contributed by atoms with Crippen LogP contribution in [-0.2, 0) is 30.1 Å². The summed E-state index contributed by atoms with van der Waals surface area (Å²) in [6.07, 6.45) is -4.94. The maximum Gasteiger partial charge on any atom is 0.435 e. The first-order valence-corrected chi connectivity index (χ1v) is 13.2. The molecule has 41 heavy (non-hydrogen) atoms. The highest BCUT2D eigenvalue weighted by Gasteiger charge is 2.42. The molecule has 1 aliphatic heterocycles. The van der Waals surface area contributed by atoms with Crippen LogP contribution in [0, 0.1) is 0 Å². The second kappa shape index (κ2) is 11.2. The van der Waals surface area contributed by atoms with Crippen molar-refractivity contribution < 1.29 is 35.9 Å². The second-order valence-electron chi connectivity index (χ2n) is 10.3. The summed E-state index contributed by atoms with van der Waals surface area (Å²) >= 11 is 0. The van der Waals surface area contributed by atoms with E-state index in [-0.39, 0.29) is 47.4 Å². The summed E-state index contributed by atoms with van der Waals surface area (Å²) in [7, 11) is 0. The number of halogens is 6. The molecule has 0 saturated carbocycles. The normalized spacial score (nSPS) is 18.2. The number of nitrogens with zero attached hydrogens (tertiary/aromatic N) is 4. The van der Waals surface area contributed by atoms with Crippen LogP contribution in [0.2, 0.25) is 0 Å². The minimum Gasteiger partial charge on any atom is -0.344 e. The van der Waals surface area contributed by atoms with Gasteiger partial charge in [-0.25, -0.2) is 0 Å². The van der Waals surface area contributed by atoms with Crippen LogP contribution in [0.1, 0.15) is 76.2 Å². The Kier molecular flexibility index (Phi) is 7.80. The van der Waals surface area contributed by atoms with E-state index in [2.05, 4.69) is 21.5 Å². The number of aromatic nitrogens is 3. The van der Waals surface area contributed by atoms with Gasteiger partial charge in [-0.1, -0.05) is 24.3 Å². The van der Waals surface area contributed by atoms with Gasteiger partial charge in [-0.15, -0.1) is 0 Å². The molecule has 1 atom stereocenters. The van der Waals surface area contributed by atoms with Crippen LogP contribution in [0.3, 0.4) is 0 Å². The molecule has 1 aliphatic carbocycles. The van der Waals surface area contributed by atoms with Gasteiger partial charge in [0.05, 0.1) is 6.04 Å². The van der Waals surface area contributed by atoms with Crippen LogP contribution in [0.4, 0.5) is 26.3 Å². The maximum atomic E-state index is 13.3. The summed E-state index contributed by atoms with van der Waals surface area (Å²) in [5.74, 6) is -1.08. The van der Waals surface area contributed by atoms with E-state index in [0.29, 0.717) is 12.8 Å². The Morgan fingerprint density at radius 1 is 0.951 bits per heavy atom. The number of likely N-dealkylation sites (tertiary alicyclic amines) is 1. The minimum absolute atomic E-state index is 0.0312. The van der Waals surface area contributed by atoms with Crippen LogP contribution < -0.4 is 5.32 Å². The van der Waals surface area contributed by atoms with Gasteiger partial charge in [0.2, 0.25) is 5.91 Å². The SMILES string of the molecule is O=C(NC1CCCc2ccccc21)c1cc(C2CCN(C(=O)Cn3nc(C(F)(F)F)cc3C(F)(F)F)CC2)ccn1. The van der Waals surface area contributed by atoms with E-state index >= 15 is 0 Å². The first kappa shape index (κ1) is 28.6. The summed E-state index contributed by atoms with van der Waals surface area (Å²) in [4.78, 5) is 31.3. The molecule has 3 aromatic rings. The zero-order valence-electron chi connectivity index (χ0n) is 21.8. The monoisotopic (exact) mass is 579 g/mol. The molecule has 218 valence electrons. The molecular formula is C28H27F6N5O2. The topological polar surface area (TPSA) is 80.1 Å². The number of benzene rings is 1. The Hall–Kier alpha value is -3.90. The molecule has 5 rings (SSSR count). The molecule has 1 unspecified atom stereocenters. The van der Waals surface area contributed by atoms with Crippen molar-refractivity contribution in [3.8, 4) is 0 Å². The molecule has 2 amide bonds. The van der Waals surface area contributed by atoms with Gasteiger partial charge in [0.1, 0.15) is 17.9 Å². The summed E-state index contributed by atoms with van der Waals surface area (Å²) in [5, 5.41) is 6.08. The van der Waals surface area contributed by atoms with Crippen molar-refractivity contribution in [2.24, 2.45) is 0 Å². The van der Waals surface area contributed by atoms with Crippen molar-refractivity contribution in [1.82, 2.24) is 25.0 Å². The lowest BCUT2D eigenvalue weighted by molar-refractivity contribution is -0.146. The zero-order valence-corrected chi connectivity index (χ0v) is 21.8. The van der Waals surface area contributed by atoms with Gasteiger partial charge in [-0.3, -0.25) is 19.3 Å². The maximum absolute atomic E-state index is 13.3. The van der Waals surface area contributed by atoms with Crippen molar-refractivity contribution in [1.29, 1.82) is 0 Å². The van der Waals surface area contributed by atoms with Gasteiger partial charge >= 0.3 is 12.4 Å². The van der Waals surface area contributed by atoms with Gasteiger partial charge in [-0.2, -0.15) is 31.4 Å². The van der Waals surface area contributed by atoms with E-state index in [4.69, 9.17) is 0 Å². The number of piperidine rings is 1. The summed E-state index contributed by atoms with van der Waals surface area (Å²) < 4.78 is 78.8. The minimum atomic E-state index is -5.10. The highest BCUT2D eigenvalue weighted by atomic mass is 19.4. The zero-order chi connectivity index (χ0) is 29.4. The number of aryl methyl sites for hydroxylation is 1. The molecule has 2 aliphatic rings. The van der Waals surface area contributed by atoms with Crippen molar-refractivity contribution in [2.45, 2.75) is 63.0 Å². The summed E-state index contributed by atoms with van der Waals surface area (Å²) in [5.41, 5.74) is 0.0989. The predicted molar refractivity (Wildman–Crippen MR) is 135 cm³/mol. The molecule has 1 aromatic carbocycles. The van der Waals surface area contributed by atoms with Crippen LogP contribution >= 0.6 is 0 Å². The number of fused-ring (bicyclic) bond motifs is 1. The smallest absolute Gasteiger partial charge is 0.344 e. The van der Waals surface area contributed by atoms with Gasteiger partial charge in [0.15, 0.2) is 5.69 Å². The van der Waals surface area contributed by atoms with E-state index in [1.54, 1.807) is 18.3 Å². The summed E-state index contributed by atoms with van der Waals surface area (Å²) in [6, 6.07) is 11.3. The van der Waals surface area contributed by atoms with Crippen molar-refractivity contribution in [3.05, 3.63) is 82.4 Å². The molecule has 1 saturated heterocycles. The number of alkyl halides is 6. The lowest BCUT2D eigenvalue weighted by atomic mass is 9.87. The molecule has 3 heterocycles. The first-order valence-electron chi connectivity index (χ1n) is 13.2. The Balaban J connectivity index is 1.21. The van der Waals surface area contributed by atoms with Crippen LogP contribution in [0.5, 0.6) is 0 Å². The van der Waals surface area contributed by atoms with Gasteiger partial charge < -0.3 is 10.2 Å². The fourth-order valence-corrected chi connectivity index (χ4v) is 5.56. The number of hydrogen-bond acceptors (Lipinski definition) is 4. The van der Waals surface area contributed by atoms with Gasteiger partial charge in [0, 0.05) is 25.4 Å². The third-order valence-corrected chi connectivity index (χ3v) is 7.66. The summed E-state index contributed by atoms with van der Waals surface area (Å²) in [6.45, 7) is -0.568. The predicted octanol–water partition coefficient (Wildman–Crippen LogP) is 5.53. The first-order chi connectivity index (χ1) is 19.4. The number of amides is 2. The highest BCUT2D eigenvalue weighted by Crippen LogP contribution is 2.36. The number of carbonyl (C=O) groups excluding carboxylic acids is 2. The average Bonchev–Trinajstić information content (AvgIpc) is 3.39. The van der Waals surface area contributed by atoms with Gasteiger partial charge in [-0.05, 0) is 66.8 Å². The molecule has 0 bridgehead atoms. The fraction of sp³-hybridized carbons (Fsp3) is 0.429. The van der Waals surface area contributed by atoms with E-state index < -0.39 is 36.2 Å². The molecular weight excluding hydrogens is 552 g/mol. The quantitative estimate of drug-likeness (QED) is 0.404. The lowest BCUT2D eigenvalue weighted by Gasteiger charge is -2.32. The van der Waals surface area contributed by atoms with Crippen LogP contribution in [0.15, 0.2) is 48.7 Å². The lowest BCUT2D eigenvalue weighted by Crippen LogP contribution is -2.40. The number of hydrogen-bond donors (Lipinski definition) is 1. The van der Waals surface area contributed by atoms with Crippen LogP contribution in [-0.4, -0.2) is 44.6 Å². The number of rotatable bonds is 5. The van der Waals surface area contributed by atoms with E-state index in [0.717, 1.165) is 30.4 Å². The standard InChI is InChI=1S/C28H27F6N5O2/c29-27(30,31)23-15-24(28(32,33)34)39(37-23)16-25(40)38-12-9-17(10-13-38)19-8-11-35-22(14-19)26(41)36-21-7-3-5-18-4-1-2-6-20(18)21/h1-2,4,6,8,11,14-15,17,21H,3,5,7,9-10,12-13,16H2,(H,36,41). The molecule has 1 fully saturated rings. The highest BCUT2D eigenvalue weighted by molar-refractivity contribution is 5.92. The fourth-order valence-electron chi connectivity index (χ4n) is 5.56. The third kappa shape index (κ3) is 6.38. The van der Waals surface area contributed by atoms with E-state index in [9.17, 15) is 35.9 Å². The van der Waals surface area contributed by atoms with Gasteiger partial charge in [0.25, 0.3) is 5.91 Å². The number of pyridine rings is 1. The Bertz CT molecular complexity index is 1430. The second-order valence-corrected chi connectivity index (χ2v) is 10.3. The van der Waals surface area contributed by atoms with Crippen molar-refractivity contribution in [2.75, 3.05) is 13.1 Å². The van der Waals surface area contributed by atoms with E-state index in [1.807, 2.05) is 18.2 Å². The number of nitrogens with one attached hydrogen (secondary N) is 1. The van der Waals surface area contributed by atoms with E-state index in [1.165, 1.54) is 10.5 Å². The van der Waals surface area contributed by atoms with Crippen molar-refractivity contribution >= 4 is 11.8 Å². The largest absolute Gasteiger partial charge is 0.435 e. The average molecular weight is 580 g/mol. The molecule has 2 aromatic heterocycles. The Morgan fingerprint density at radius 3 is 2.39 bits per heavy atom. The molecule has 13 heteroatoms. The molecule has 7 nitrogen and oxygen atoms in total. The molecule has 1 N–H and O–H groups in total. The Labute approximate surface area is 231 Å². The van der Waals surface area contributed by atoms with Crippen LogP contribution in [0.25, 0.3) is 0 Å². The molecule has 0 radical (unpaired) electrons. The Morgan fingerprint density at radius 2 is 1.68 bits per heavy atom. The number of carbonyl (C=O) groups is 2. The van der Waals surface area contributed by atoms with Crippen molar-refractivity contribution in [3.63, 3.8) is 0 Å². The third-order valence-electron chi connectivity index (χ3n) is 7.66. The molecule has 0 spiro atoms.